The molecule has 2 aromatic carbocycles. The van der Waals surface area contributed by atoms with E-state index in [0.29, 0.717) is 18.8 Å². The number of ether oxygens (including phenoxy) is 1. The van der Waals surface area contributed by atoms with Crippen molar-refractivity contribution in [3.63, 3.8) is 0 Å². The Balaban J connectivity index is 1.50. The summed E-state index contributed by atoms with van der Waals surface area (Å²) >= 11 is 0. The number of alkyl halides is 3. The summed E-state index contributed by atoms with van der Waals surface area (Å²) in [5.74, 6) is -0.0394. The number of rotatable bonds is 8. The van der Waals surface area contributed by atoms with E-state index in [-0.39, 0.29) is 29.3 Å². The van der Waals surface area contributed by atoms with Crippen molar-refractivity contribution in [3.05, 3.63) is 54.1 Å². The second kappa shape index (κ2) is 9.71. The highest BCUT2D eigenvalue weighted by atomic mass is 19.4. The number of hydrogen-bond acceptors (Lipinski definition) is 6. The van der Waals surface area contributed by atoms with E-state index in [4.69, 9.17) is 5.26 Å². The molecule has 1 heterocycles. The van der Waals surface area contributed by atoms with Gasteiger partial charge in [0.1, 0.15) is 11.8 Å². The Labute approximate surface area is 175 Å². The molecule has 1 N–H and O–H groups in total. The predicted octanol–water partition coefficient (Wildman–Crippen LogP) is 3.57. The predicted molar refractivity (Wildman–Crippen MR) is 104 cm³/mol. The number of carbonyl (C=O) groups is 1. The minimum absolute atomic E-state index is 0.109. The largest absolute Gasteiger partial charge is 0.483 e. The third-order valence-corrected chi connectivity index (χ3v) is 4.02. The second-order valence-corrected chi connectivity index (χ2v) is 6.45. The average Bonchev–Trinajstić information content (AvgIpc) is 3.21. The monoisotopic (exact) mass is 430 g/mol. The van der Waals surface area contributed by atoms with Crippen LogP contribution in [0.15, 0.2) is 48.5 Å². The maximum Gasteiger partial charge on any atom is 0.422 e. The van der Waals surface area contributed by atoms with E-state index in [9.17, 15) is 18.0 Å². The number of aromatic nitrogens is 4. The number of aryl methyl sites for hydroxylation is 1. The summed E-state index contributed by atoms with van der Waals surface area (Å²) < 4.78 is 41.5. The van der Waals surface area contributed by atoms with Crippen molar-refractivity contribution >= 4 is 11.6 Å². The summed E-state index contributed by atoms with van der Waals surface area (Å²) in [6.45, 7) is -1.13. The number of nitrogens with zero attached hydrogens (tertiary/aromatic N) is 5. The molecule has 160 valence electrons. The quantitative estimate of drug-likeness (QED) is 0.586. The van der Waals surface area contributed by atoms with Crippen LogP contribution in [0.2, 0.25) is 0 Å². The summed E-state index contributed by atoms with van der Waals surface area (Å²) in [5.41, 5.74) is 1.01. The number of hydrogen-bond donors (Lipinski definition) is 1. The lowest BCUT2D eigenvalue weighted by Crippen LogP contribution is -2.19. The van der Waals surface area contributed by atoms with Crippen LogP contribution in [0.1, 0.15) is 18.4 Å². The SMILES string of the molecule is N#Cc1cc(NC(=O)CCCn2nnc(-c3ccccc3)n2)ccc1OCC(F)(F)F. The highest BCUT2D eigenvalue weighted by Crippen LogP contribution is 2.25. The van der Waals surface area contributed by atoms with Gasteiger partial charge in [-0.3, -0.25) is 4.79 Å². The summed E-state index contributed by atoms with van der Waals surface area (Å²) in [5, 5.41) is 23.9. The number of benzene rings is 2. The molecule has 0 fully saturated rings. The number of nitrogens with one attached hydrogen (secondary N) is 1. The first-order chi connectivity index (χ1) is 14.8. The topological polar surface area (TPSA) is 106 Å². The molecule has 0 bridgehead atoms. The fraction of sp³-hybridized carbons (Fsp3) is 0.250. The molecule has 0 spiro atoms. The smallest absolute Gasteiger partial charge is 0.422 e. The third kappa shape index (κ3) is 6.53. The molecule has 0 aliphatic heterocycles. The van der Waals surface area contributed by atoms with E-state index in [1.165, 1.54) is 23.0 Å². The molecular weight excluding hydrogens is 413 g/mol. The fourth-order valence-corrected chi connectivity index (χ4v) is 2.63. The van der Waals surface area contributed by atoms with E-state index < -0.39 is 12.8 Å². The molecule has 3 aromatic rings. The average molecular weight is 430 g/mol. The Morgan fingerprint density at radius 2 is 1.97 bits per heavy atom. The first-order valence-electron chi connectivity index (χ1n) is 9.21. The maximum atomic E-state index is 12.3. The summed E-state index contributed by atoms with van der Waals surface area (Å²) in [6, 6.07) is 14.9. The van der Waals surface area contributed by atoms with Gasteiger partial charge in [-0.1, -0.05) is 30.3 Å². The second-order valence-electron chi connectivity index (χ2n) is 6.45. The van der Waals surface area contributed by atoms with E-state index in [0.717, 1.165) is 5.56 Å². The van der Waals surface area contributed by atoms with Crippen LogP contribution >= 0.6 is 0 Å². The first-order valence-corrected chi connectivity index (χ1v) is 9.21. The van der Waals surface area contributed by atoms with Crippen LogP contribution in [0.3, 0.4) is 0 Å². The molecule has 0 aliphatic rings. The van der Waals surface area contributed by atoms with E-state index in [1.54, 1.807) is 6.07 Å². The molecule has 0 radical (unpaired) electrons. The van der Waals surface area contributed by atoms with Gasteiger partial charge >= 0.3 is 6.18 Å². The molecule has 1 amide bonds. The maximum absolute atomic E-state index is 12.3. The molecule has 0 atom stereocenters. The van der Waals surface area contributed by atoms with Gasteiger partial charge in [0.05, 0.1) is 12.1 Å². The van der Waals surface area contributed by atoms with Crippen LogP contribution in [0.4, 0.5) is 18.9 Å². The van der Waals surface area contributed by atoms with E-state index in [1.807, 2.05) is 30.3 Å². The van der Waals surface area contributed by atoms with Crippen molar-refractivity contribution in [2.45, 2.75) is 25.6 Å². The first kappa shape index (κ1) is 21.8. The van der Waals surface area contributed by atoms with Gasteiger partial charge in [0.15, 0.2) is 6.61 Å². The highest BCUT2D eigenvalue weighted by Gasteiger charge is 2.28. The standard InChI is InChI=1S/C20H17F3N6O2/c21-20(22,23)13-31-17-9-8-16(11-15(17)12-24)25-18(30)7-4-10-29-27-19(26-28-29)14-5-2-1-3-6-14/h1-3,5-6,8-9,11H,4,7,10,13H2,(H,25,30). The van der Waals surface area contributed by atoms with Gasteiger partial charge in [-0.25, -0.2) is 0 Å². The molecule has 8 nitrogen and oxygen atoms in total. The number of carbonyl (C=O) groups excluding carboxylic acids is 1. The lowest BCUT2D eigenvalue weighted by atomic mass is 10.2. The Bertz CT molecular complexity index is 1080. The molecule has 11 heteroatoms. The van der Waals surface area contributed by atoms with E-state index >= 15 is 0 Å². The van der Waals surface area contributed by atoms with E-state index in [2.05, 4.69) is 25.5 Å². The van der Waals surface area contributed by atoms with Crippen molar-refractivity contribution in [1.29, 1.82) is 5.26 Å². The Kier molecular flexibility index (Phi) is 6.81. The number of anilines is 1. The van der Waals surface area contributed by atoms with Gasteiger partial charge in [0.2, 0.25) is 11.7 Å². The molecular formula is C20H17F3N6O2. The molecule has 0 aliphatic carbocycles. The molecule has 0 saturated heterocycles. The van der Waals surface area contributed by atoms with Gasteiger partial charge in [-0.15, -0.1) is 10.2 Å². The number of nitriles is 1. The van der Waals surface area contributed by atoms with Crippen LogP contribution in [0.25, 0.3) is 11.4 Å². The summed E-state index contributed by atoms with van der Waals surface area (Å²) in [7, 11) is 0. The van der Waals surface area contributed by atoms with Crippen molar-refractivity contribution in [1.82, 2.24) is 20.2 Å². The van der Waals surface area contributed by atoms with Crippen LogP contribution in [0, 0.1) is 11.3 Å². The van der Waals surface area contributed by atoms with Crippen LogP contribution in [-0.2, 0) is 11.3 Å². The zero-order valence-corrected chi connectivity index (χ0v) is 16.1. The molecule has 31 heavy (non-hydrogen) atoms. The fourth-order valence-electron chi connectivity index (χ4n) is 2.63. The van der Waals surface area contributed by atoms with Crippen LogP contribution in [0.5, 0.6) is 5.75 Å². The van der Waals surface area contributed by atoms with Crippen LogP contribution < -0.4 is 10.1 Å². The van der Waals surface area contributed by atoms with Gasteiger partial charge in [-0.05, 0) is 29.8 Å². The van der Waals surface area contributed by atoms with Gasteiger partial charge in [0.25, 0.3) is 0 Å². The zero-order valence-electron chi connectivity index (χ0n) is 16.1. The van der Waals surface area contributed by atoms with Crippen molar-refractivity contribution in [2.24, 2.45) is 0 Å². The lowest BCUT2D eigenvalue weighted by Gasteiger charge is -2.12. The number of halogens is 3. The van der Waals surface area contributed by atoms with Crippen molar-refractivity contribution in [2.75, 3.05) is 11.9 Å². The number of tetrazole rings is 1. The van der Waals surface area contributed by atoms with Crippen LogP contribution in [-0.4, -0.2) is 38.9 Å². The molecule has 0 saturated carbocycles. The molecule has 3 rings (SSSR count). The summed E-state index contributed by atoms with van der Waals surface area (Å²) in [6.07, 6.45) is -3.93. The van der Waals surface area contributed by atoms with Crippen molar-refractivity contribution < 1.29 is 22.7 Å². The lowest BCUT2D eigenvalue weighted by molar-refractivity contribution is -0.153. The summed E-state index contributed by atoms with van der Waals surface area (Å²) in [4.78, 5) is 13.5. The van der Waals surface area contributed by atoms with Gasteiger partial charge < -0.3 is 10.1 Å². The minimum atomic E-state index is -4.51. The van der Waals surface area contributed by atoms with Crippen molar-refractivity contribution in [3.8, 4) is 23.2 Å². The Morgan fingerprint density at radius 3 is 2.68 bits per heavy atom. The Morgan fingerprint density at radius 1 is 1.19 bits per heavy atom. The molecule has 0 unspecified atom stereocenters. The zero-order chi connectivity index (χ0) is 22.3. The molecule has 1 aromatic heterocycles. The number of amides is 1. The van der Waals surface area contributed by atoms with Gasteiger partial charge in [-0.2, -0.15) is 23.2 Å². The van der Waals surface area contributed by atoms with Gasteiger partial charge in [0, 0.05) is 17.7 Å². The highest BCUT2D eigenvalue weighted by molar-refractivity contribution is 5.91. The third-order valence-electron chi connectivity index (χ3n) is 4.02. The minimum Gasteiger partial charge on any atom is -0.483 e. The normalized spacial score (nSPS) is 11.0. The Hall–Kier alpha value is -3.94.